The normalized spacial score (nSPS) is 10.9. The Morgan fingerprint density at radius 1 is 1.04 bits per heavy atom. The van der Waals surface area contributed by atoms with E-state index in [1.54, 1.807) is 23.5 Å². The van der Waals surface area contributed by atoms with Gasteiger partial charge in [0.25, 0.3) is 5.91 Å². The van der Waals surface area contributed by atoms with E-state index >= 15 is 0 Å². The molecule has 2 aromatic heterocycles. The largest absolute Gasteiger partial charge is 0.331 e. The summed E-state index contributed by atoms with van der Waals surface area (Å²) in [7, 11) is 0. The summed E-state index contributed by atoms with van der Waals surface area (Å²) in [5, 5.41) is 5.58. The zero-order valence-corrected chi connectivity index (χ0v) is 14.8. The summed E-state index contributed by atoms with van der Waals surface area (Å²) in [6.45, 7) is 0.652. The maximum absolute atomic E-state index is 12.8. The first-order valence-electron chi connectivity index (χ1n) is 7.88. The molecule has 1 amide bonds. The molecule has 0 fully saturated rings. The van der Waals surface area contributed by atoms with E-state index in [2.05, 4.69) is 28.1 Å². The van der Waals surface area contributed by atoms with E-state index in [9.17, 15) is 4.79 Å². The molecule has 0 saturated heterocycles. The van der Waals surface area contributed by atoms with E-state index in [0.29, 0.717) is 22.9 Å². The van der Waals surface area contributed by atoms with Crippen molar-refractivity contribution in [1.82, 2.24) is 4.57 Å². The number of hydrogen-bond acceptors (Lipinski definition) is 2. The number of fused-ring (bicyclic) bond motifs is 1. The first-order chi connectivity index (χ1) is 12.2. The highest BCUT2D eigenvalue weighted by Crippen LogP contribution is 2.27. The quantitative estimate of drug-likeness (QED) is 0.497. The molecule has 0 aliphatic rings. The van der Waals surface area contributed by atoms with Crippen molar-refractivity contribution >= 4 is 44.7 Å². The smallest absolute Gasteiger partial charge is 0.272 e. The number of hydrogen-bond donors (Lipinski definition) is 1. The van der Waals surface area contributed by atoms with E-state index in [1.807, 2.05) is 41.8 Å². The topological polar surface area (TPSA) is 34.0 Å². The minimum atomic E-state index is -0.137. The van der Waals surface area contributed by atoms with Gasteiger partial charge >= 0.3 is 0 Å². The number of amides is 1. The average molecular weight is 367 g/mol. The van der Waals surface area contributed by atoms with Crippen LogP contribution in [0.25, 0.3) is 10.2 Å². The Labute approximate surface area is 154 Å². The van der Waals surface area contributed by atoms with Crippen LogP contribution in [-0.4, -0.2) is 10.5 Å². The number of nitrogens with zero attached hydrogens (tertiary/aromatic N) is 1. The molecule has 0 aliphatic heterocycles. The molecule has 0 aliphatic carbocycles. The number of aromatic nitrogens is 1. The highest BCUT2D eigenvalue weighted by molar-refractivity contribution is 7.17. The molecule has 0 unspecified atom stereocenters. The van der Waals surface area contributed by atoms with Crippen LogP contribution in [0.1, 0.15) is 16.1 Å². The SMILES string of the molecule is O=C(Nc1cccc(Cl)c1)c1cc2sccc2n1Cc1ccccc1. The standard InChI is InChI=1S/C20H15ClN2OS/c21-15-7-4-8-16(11-15)22-20(24)18-12-19-17(9-10-25-19)23(18)13-14-5-2-1-3-6-14/h1-12H,13H2,(H,22,24). The van der Waals surface area contributed by atoms with E-state index in [-0.39, 0.29) is 5.91 Å². The minimum absolute atomic E-state index is 0.137. The van der Waals surface area contributed by atoms with Crippen LogP contribution in [0.5, 0.6) is 0 Å². The zero-order chi connectivity index (χ0) is 17.2. The van der Waals surface area contributed by atoms with Gasteiger partial charge in [0.05, 0.1) is 10.2 Å². The van der Waals surface area contributed by atoms with Crippen LogP contribution in [0.4, 0.5) is 5.69 Å². The molecule has 0 spiro atoms. The fraction of sp³-hybridized carbons (Fsp3) is 0.0500. The first-order valence-corrected chi connectivity index (χ1v) is 9.14. The molecule has 25 heavy (non-hydrogen) atoms. The van der Waals surface area contributed by atoms with Crippen LogP contribution in [-0.2, 0) is 6.54 Å². The van der Waals surface area contributed by atoms with Crippen LogP contribution in [0.2, 0.25) is 5.02 Å². The molecule has 0 radical (unpaired) electrons. The number of thiophene rings is 1. The van der Waals surface area contributed by atoms with Crippen molar-refractivity contribution < 1.29 is 4.79 Å². The van der Waals surface area contributed by atoms with Gasteiger partial charge < -0.3 is 9.88 Å². The van der Waals surface area contributed by atoms with Crippen LogP contribution < -0.4 is 5.32 Å². The number of benzene rings is 2. The number of carbonyl (C=O) groups excluding carboxylic acids is 1. The van der Waals surface area contributed by atoms with Gasteiger partial charge in [-0.2, -0.15) is 0 Å². The summed E-state index contributed by atoms with van der Waals surface area (Å²) in [6.07, 6.45) is 0. The Hall–Kier alpha value is -2.56. The number of anilines is 1. The van der Waals surface area contributed by atoms with Gasteiger partial charge in [-0.15, -0.1) is 11.3 Å². The Morgan fingerprint density at radius 2 is 1.88 bits per heavy atom. The zero-order valence-electron chi connectivity index (χ0n) is 13.3. The van der Waals surface area contributed by atoms with Crippen LogP contribution >= 0.6 is 22.9 Å². The van der Waals surface area contributed by atoms with Gasteiger partial charge in [-0.1, -0.05) is 48.0 Å². The summed E-state index contributed by atoms with van der Waals surface area (Å²) in [5.41, 5.74) is 3.56. The molecule has 4 aromatic rings. The lowest BCUT2D eigenvalue weighted by atomic mass is 10.2. The molecule has 2 aromatic carbocycles. The highest BCUT2D eigenvalue weighted by Gasteiger charge is 2.17. The van der Waals surface area contributed by atoms with Crippen molar-refractivity contribution in [3.63, 3.8) is 0 Å². The monoisotopic (exact) mass is 366 g/mol. The molecule has 1 N–H and O–H groups in total. The number of rotatable bonds is 4. The van der Waals surface area contributed by atoms with Gasteiger partial charge in [0.15, 0.2) is 0 Å². The third-order valence-corrected chi connectivity index (χ3v) is 5.11. The lowest BCUT2D eigenvalue weighted by molar-refractivity contribution is 0.101. The lowest BCUT2D eigenvalue weighted by Crippen LogP contribution is -2.17. The van der Waals surface area contributed by atoms with Gasteiger partial charge in [-0.3, -0.25) is 4.79 Å². The molecule has 2 heterocycles. The Morgan fingerprint density at radius 3 is 2.68 bits per heavy atom. The molecule has 4 rings (SSSR count). The Balaban J connectivity index is 1.70. The summed E-state index contributed by atoms with van der Waals surface area (Å²) in [6, 6.07) is 21.3. The van der Waals surface area contributed by atoms with Crippen LogP contribution in [0.15, 0.2) is 72.1 Å². The van der Waals surface area contributed by atoms with Crippen LogP contribution in [0.3, 0.4) is 0 Å². The summed E-state index contributed by atoms with van der Waals surface area (Å²) in [4.78, 5) is 12.8. The lowest BCUT2D eigenvalue weighted by Gasteiger charge is -2.11. The summed E-state index contributed by atoms with van der Waals surface area (Å²) >= 11 is 7.64. The third-order valence-electron chi connectivity index (χ3n) is 4.02. The van der Waals surface area contributed by atoms with Crippen LogP contribution in [0, 0.1) is 0 Å². The molecule has 5 heteroatoms. The van der Waals surface area contributed by atoms with Gasteiger partial charge in [0, 0.05) is 17.3 Å². The Kier molecular flexibility index (Phi) is 4.30. The van der Waals surface area contributed by atoms with Gasteiger partial charge in [0.2, 0.25) is 0 Å². The van der Waals surface area contributed by atoms with Crippen molar-refractivity contribution in [2.75, 3.05) is 5.32 Å². The number of nitrogens with one attached hydrogen (secondary N) is 1. The molecular formula is C20H15ClN2OS. The van der Waals surface area contributed by atoms with Crippen molar-refractivity contribution in [1.29, 1.82) is 0 Å². The third kappa shape index (κ3) is 3.31. The Bertz CT molecular complexity index is 1040. The molecular weight excluding hydrogens is 352 g/mol. The second-order valence-electron chi connectivity index (χ2n) is 5.74. The predicted octanol–water partition coefficient (Wildman–Crippen LogP) is 5.66. The summed E-state index contributed by atoms with van der Waals surface area (Å²) in [5.74, 6) is -0.137. The van der Waals surface area contributed by atoms with E-state index in [1.165, 1.54) is 0 Å². The van der Waals surface area contributed by atoms with Gasteiger partial charge in [-0.05, 0) is 41.3 Å². The summed E-state index contributed by atoms with van der Waals surface area (Å²) < 4.78 is 3.16. The fourth-order valence-electron chi connectivity index (χ4n) is 2.86. The van der Waals surface area contributed by atoms with Crippen molar-refractivity contribution in [3.8, 4) is 0 Å². The predicted molar refractivity (Wildman–Crippen MR) is 105 cm³/mol. The number of carbonyl (C=O) groups is 1. The molecule has 3 nitrogen and oxygen atoms in total. The maximum Gasteiger partial charge on any atom is 0.272 e. The van der Waals surface area contributed by atoms with Crippen molar-refractivity contribution in [2.45, 2.75) is 6.54 Å². The minimum Gasteiger partial charge on any atom is -0.331 e. The number of halogens is 1. The van der Waals surface area contributed by atoms with Crippen molar-refractivity contribution in [2.24, 2.45) is 0 Å². The van der Waals surface area contributed by atoms with E-state index < -0.39 is 0 Å². The molecule has 0 saturated carbocycles. The second kappa shape index (κ2) is 6.75. The maximum atomic E-state index is 12.8. The van der Waals surface area contributed by atoms with E-state index in [0.717, 1.165) is 15.8 Å². The average Bonchev–Trinajstić information content (AvgIpc) is 3.18. The van der Waals surface area contributed by atoms with Gasteiger partial charge in [-0.25, -0.2) is 0 Å². The van der Waals surface area contributed by atoms with Crippen molar-refractivity contribution in [3.05, 3.63) is 88.4 Å². The highest BCUT2D eigenvalue weighted by atomic mass is 35.5. The van der Waals surface area contributed by atoms with E-state index in [4.69, 9.17) is 11.6 Å². The van der Waals surface area contributed by atoms with Gasteiger partial charge in [0.1, 0.15) is 5.69 Å². The first kappa shape index (κ1) is 15.9. The molecule has 0 atom stereocenters. The molecule has 124 valence electrons. The molecule has 0 bridgehead atoms. The second-order valence-corrected chi connectivity index (χ2v) is 7.12. The fourth-order valence-corrected chi connectivity index (χ4v) is 3.88.